The highest BCUT2D eigenvalue weighted by Gasteiger charge is 2.25. The van der Waals surface area contributed by atoms with E-state index in [1.807, 2.05) is 60.8 Å². The first-order valence-corrected chi connectivity index (χ1v) is 11.0. The Morgan fingerprint density at radius 1 is 0.839 bits per heavy atom. The molecule has 0 spiro atoms. The van der Waals surface area contributed by atoms with E-state index in [1.165, 1.54) is 16.9 Å². The number of ether oxygens (including phenoxy) is 2. The van der Waals surface area contributed by atoms with E-state index in [1.54, 1.807) is 21.9 Å². The Kier molecular flexibility index (Phi) is 6.52. The van der Waals surface area contributed by atoms with Crippen LogP contribution in [-0.2, 0) is 4.79 Å². The minimum absolute atomic E-state index is 0.0307. The molecule has 0 saturated carbocycles. The lowest BCUT2D eigenvalue weighted by Gasteiger charge is -2.34. The first kappa shape index (κ1) is 20.9. The highest BCUT2D eigenvalue weighted by molar-refractivity contribution is 7.12. The lowest BCUT2D eigenvalue weighted by atomic mass is 10.2. The summed E-state index contributed by atoms with van der Waals surface area (Å²) >= 11 is 1.44. The van der Waals surface area contributed by atoms with Gasteiger partial charge in [-0.2, -0.15) is 0 Å². The van der Waals surface area contributed by atoms with Crippen LogP contribution in [0.1, 0.15) is 15.2 Å². The number of carbonyl (C=O) groups excluding carboxylic acids is 2. The van der Waals surface area contributed by atoms with E-state index < -0.39 is 0 Å². The summed E-state index contributed by atoms with van der Waals surface area (Å²) in [5.41, 5.74) is 1.18. The molecule has 0 atom stereocenters. The summed E-state index contributed by atoms with van der Waals surface area (Å²) in [5.74, 6) is 2.03. The molecule has 0 aliphatic carbocycles. The van der Waals surface area contributed by atoms with E-state index in [0.717, 1.165) is 10.6 Å². The van der Waals surface area contributed by atoms with Gasteiger partial charge in [-0.3, -0.25) is 9.59 Å². The smallest absolute Gasteiger partial charge is 0.264 e. The van der Waals surface area contributed by atoms with Crippen molar-refractivity contribution in [2.24, 2.45) is 0 Å². The number of rotatable bonds is 6. The number of thiophene rings is 1. The van der Waals surface area contributed by atoms with E-state index in [2.05, 4.69) is 0 Å². The van der Waals surface area contributed by atoms with Crippen molar-refractivity contribution < 1.29 is 19.1 Å². The molecule has 3 aromatic rings. The molecule has 7 heteroatoms. The van der Waals surface area contributed by atoms with E-state index in [9.17, 15) is 9.59 Å². The van der Waals surface area contributed by atoms with Crippen molar-refractivity contribution in [1.29, 1.82) is 0 Å². The minimum Gasteiger partial charge on any atom is -0.484 e. The third-order valence-electron chi connectivity index (χ3n) is 5.09. The molecule has 4 rings (SSSR count). The summed E-state index contributed by atoms with van der Waals surface area (Å²) in [6.45, 7) is 4.10. The summed E-state index contributed by atoms with van der Waals surface area (Å²) in [6, 6.07) is 18.7. The molecule has 1 aliphatic heterocycles. The largest absolute Gasteiger partial charge is 0.484 e. The van der Waals surface area contributed by atoms with E-state index in [-0.39, 0.29) is 18.4 Å². The maximum atomic E-state index is 12.5. The second kappa shape index (κ2) is 9.66. The molecule has 0 radical (unpaired) electrons. The molecule has 1 aliphatic rings. The van der Waals surface area contributed by atoms with Crippen LogP contribution in [0.15, 0.2) is 66.0 Å². The van der Waals surface area contributed by atoms with Crippen LogP contribution in [0.3, 0.4) is 0 Å². The van der Waals surface area contributed by atoms with Crippen molar-refractivity contribution in [3.8, 4) is 17.2 Å². The van der Waals surface area contributed by atoms with Gasteiger partial charge < -0.3 is 19.3 Å². The number of hydrogen-bond donors (Lipinski definition) is 0. The van der Waals surface area contributed by atoms with Gasteiger partial charge in [0.1, 0.15) is 17.2 Å². The van der Waals surface area contributed by atoms with E-state index >= 15 is 0 Å². The number of hydrogen-bond acceptors (Lipinski definition) is 5. The maximum Gasteiger partial charge on any atom is 0.264 e. The van der Waals surface area contributed by atoms with Gasteiger partial charge in [-0.05, 0) is 54.8 Å². The van der Waals surface area contributed by atoms with Crippen LogP contribution in [-0.4, -0.2) is 54.4 Å². The zero-order valence-corrected chi connectivity index (χ0v) is 18.1. The molecule has 2 amide bonds. The second-order valence-corrected chi connectivity index (χ2v) is 8.27. The summed E-state index contributed by atoms with van der Waals surface area (Å²) in [5, 5.41) is 1.89. The first-order valence-electron chi connectivity index (χ1n) is 10.2. The lowest BCUT2D eigenvalue weighted by molar-refractivity contribution is -0.134. The minimum atomic E-state index is -0.0804. The number of carbonyl (C=O) groups is 2. The fourth-order valence-corrected chi connectivity index (χ4v) is 3.99. The average molecular weight is 437 g/mol. The fraction of sp³-hybridized carbons (Fsp3) is 0.250. The topological polar surface area (TPSA) is 59.1 Å². The Bertz CT molecular complexity index is 1010. The molecule has 0 unspecified atom stereocenters. The van der Waals surface area contributed by atoms with Gasteiger partial charge in [0.05, 0.1) is 4.88 Å². The SMILES string of the molecule is Cc1ccc(Oc2ccc(OCC(=O)N3CCN(C(=O)c4cccs4)CC3)cc2)cc1. The molecule has 1 aromatic heterocycles. The number of piperazine rings is 1. The van der Waals surface area contributed by atoms with Crippen LogP contribution in [0.5, 0.6) is 17.2 Å². The molecule has 160 valence electrons. The Morgan fingerprint density at radius 3 is 2.03 bits per heavy atom. The molecule has 6 nitrogen and oxygen atoms in total. The van der Waals surface area contributed by atoms with Gasteiger partial charge in [-0.1, -0.05) is 23.8 Å². The summed E-state index contributed by atoms with van der Waals surface area (Å²) < 4.78 is 11.5. The Balaban J connectivity index is 1.22. The van der Waals surface area contributed by atoms with Crippen LogP contribution < -0.4 is 9.47 Å². The molecule has 1 fully saturated rings. The number of amides is 2. The van der Waals surface area contributed by atoms with Gasteiger partial charge in [0, 0.05) is 26.2 Å². The van der Waals surface area contributed by atoms with Gasteiger partial charge in [0.15, 0.2) is 6.61 Å². The number of aryl methyl sites for hydroxylation is 1. The molecule has 0 bridgehead atoms. The fourth-order valence-electron chi connectivity index (χ4n) is 3.30. The predicted molar refractivity (Wildman–Crippen MR) is 120 cm³/mol. The zero-order chi connectivity index (χ0) is 21.6. The van der Waals surface area contributed by atoms with Crippen LogP contribution >= 0.6 is 11.3 Å². The number of nitrogens with zero attached hydrogens (tertiary/aromatic N) is 2. The van der Waals surface area contributed by atoms with E-state index in [4.69, 9.17) is 9.47 Å². The Morgan fingerprint density at radius 2 is 1.42 bits per heavy atom. The quantitative estimate of drug-likeness (QED) is 0.581. The normalized spacial score (nSPS) is 13.7. The highest BCUT2D eigenvalue weighted by atomic mass is 32.1. The van der Waals surface area contributed by atoms with Gasteiger partial charge in [0.2, 0.25) is 0 Å². The standard InChI is InChI=1S/C24H24N2O4S/c1-18-4-6-20(7-5-18)30-21-10-8-19(9-11-21)29-17-23(27)25-12-14-26(15-13-25)24(28)22-3-2-16-31-22/h2-11,16H,12-15,17H2,1H3. The van der Waals surface area contributed by atoms with Crippen LogP contribution in [0.4, 0.5) is 0 Å². The van der Waals surface area contributed by atoms with E-state index in [0.29, 0.717) is 37.7 Å². The molecule has 31 heavy (non-hydrogen) atoms. The monoisotopic (exact) mass is 436 g/mol. The van der Waals surface area contributed by atoms with Gasteiger partial charge in [0.25, 0.3) is 11.8 Å². The molecule has 2 aromatic carbocycles. The maximum absolute atomic E-state index is 12.5. The average Bonchev–Trinajstić information content (AvgIpc) is 3.34. The summed E-state index contributed by atoms with van der Waals surface area (Å²) in [4.78, 5) is 29.2. The van der Waals surface area contributed by atoms with Crippen LogP contribution in [0, 0.1) is 6.92 Å². The zero-order valence-electron chi connectivity index (χ0n) is 17.3. The van der Waals surface area contributed by atoms with Crippen molar-refractivity contribution in [3.63, 3.8) is 0 Å². The lowest BCUT2D eigenvalue weighted by Crippen LogP contribution is -2.51. The summed E-state index contributed by atoms with van der Waals surface area (Å²) in [6.07, 6.45) is 0. The second-order valence-electron chi connectivity index (χ2n) is 7.33. The van der Waals surface area contributed by atoms with Gasteiger partial charge in [-0.25, -0.2) is 0 Å². The van der Waals surface area contributed by atoms with Crippen LogP contribution in [0.2, 0.25) is 0 Å². The first-order chi connectivity index (χ1) is 15.1. The van der Waals surface area contributed by atoms with Crippen molar-refractivity contribution in [1.82, 2.24) is 9.80 Å². The Hall–Kier alpha value is -3.32. The predicted octanol–water partition coefficient (Wildman–Crippen LogP) is 4.21. The molecule has 1 saturated heterocycles. The van der Waals surface area contributed by atoms with Crippen molar-refractivity contribution >= 4 is 23.2 Å². The highest BCUT2D eigenvalue weighted by Crippen LogP contribution is 2.24. The van der Waals surface area contributed by atoms with Gasteiger partial charge in [-0.15, -0.1) is 11.3 Å². The van der Waals surface area contributed by atoms with Gasteiger partial charge >= 0.3 is 0 Å². The molecular weight excluding hydrogens is 412 g/mol. The Labute approximate surface area is 185 Å². The summed E-state index contributed by atoms with van der Waals surface area (Å²) in [7, 11) is 0. The third kappa shape index (κ3) is 5.44. The van der Waals surface area contributed by atoms with Crippen molar-refractivity contribution in [3.05, 3.63) is 76.5 Å². The van der Waals surface area contributed by atoms with Crippen LogP contribution in [0.25, 0.3) is 0 Å². The van der Waals surface area contributed by atoms with Crippen molar-refractivity contribution in [2.75, 3.05) is 32.8 Å². The molecular formula is C24H24N2O4S. The molecule has 0 N–H and O–H groups in total. The van der Waals surface area contributed by atoms with Crippen molar-refractivity contribution in [2.45, 2.75) is 6.92 Å². The third-order valence-corrected chi connectivity index (χ3v) is 5.95. The molecule has 2 heterocycles. The number of benzene rings is 2.